The van der Waals surface area contributed by atoms with E-state index in [1.165, 1.54) is 0 Å². The van der Waals surface area contributed by atoms with Gasteiger partial charge in [0, 0.05) is 17.6 Å². The van der Waals surface area contributed by atoms with Crippen molar-refractivity contribution in [3.05, 3.63) is 51.8 Å². The van der Waals surface area contributed by atoms with Crippen LogP contribution in [0.25, 0.3) is 0 Å². The minimum Gasteiger partial charge on any atom is -0.452 e. The molecule has 1 aliphatic heterocycles. The molecule has 150 valence electrons. The number of esters is 1. The van der Waals surface area contributed by atoms with E-state index in [1.807, 2.05) is 38.1 Å². The Hall–Kier alpha value is -2.34. The first kappa shape index (κ1) is 20.4. The standard InChI is InChI=1S/C21H26ClN3O3/c1-14-8-6-7-11-24(14)19(26)13-28-21(27)20-15(2)23-25(16(20)3)12-17-9-4-5-10-18(17)22/h4-5,9-10,14H,6-8,11-13H2,1-3H3/t14-/m1/s1. The zero-order chi connectivity index (χ0) is 20.3. The van der Waals surface area contributed by atoms with Gasteiger partial charge in [0.25, 0.3) is 5.91 Å². The number of nitrogens with zero attached hydrogens (tertiary/aromatic N) is 3. The zero-order valence-electron chi connectivity index (χ0n) is 16.6. The Morgan fingerprint density at radius 1 is 1.25 bits per heavy atom. The number of halogens is 1. The molecule has 1 atom stereocenters. The molecule has 2 aromatic rings. The summed E-state index contributed by atoms with van der Waals surface area (Å²) in [4.78, 5) is 26.8. The van der Waals surface area contributed by atoms with E-state index in [-0.39, 0.29) is 18.6 Å². The van der Waals surface area contributed by atoms with Crippen LogP contribution in [0, 0.1) is 13.8 Å². The number of carbonyl (C=O) groups is 2. The van der Waals surface area contributed by atoms with Crippen molar-refractivity contribution in [3.63, 3.8) is 0 Å². The lowest BCUT2D eigenvalue weighted by Gasteiger charge is -2.33. The molecule has 1 aromatic heterocycles. The average Bonchev–Trinajstić information content (AvgIpc) is 2.95. The van der Waals surface area contributed by atoms with Crippen LogP contribution >= 0.6 is 11.6 Å². The lowest BCUT2D eigenvalue weighted by atomic mass is 10.0. The zero-order valence-corrected chi connectivity index (χ0v) is 17.3. The predicted molar refractivity (Wildman–Crippen MR) is 108 cm³/mol. The molecular weight excluding hydrogens is 378 g/mol. The summed E-state index contributed by atoms with van der Waals surface area (Å²) < 4.78 is 7.07. The summed E-state index contributed by atoms with van der Waals surface area (Å²) in [5.74, 6) is -0.655. The summed E-state index contributed by atoms with van der Waals surface area (Å²) in [6.45, 7) is 6.57. The number of benzene rings is 1. The van der Waals surface area contributed by atoms with Crippen molar-refractivity contribution >= 4 is 23.5 Å². The maximum atomic E-state index is 12.6. The summed E-state index contributed by atoms with van der Waals surface area (Å²) >= 11 is 6.23. The highest BCUT2D eigenvalue weighted by atomic mass is 35.5. The Kier molecular flexibility index (Phi) is 6.39. The third-order valence-corrected chi connectivity index (χ3v) is 5.68. The normalized spacial score (nSPS) is 16.9. The number of aryl methyl sites for hydroxylation is 1. The molecule has 0 N–H and O–H groups in total. The fraction of sp³-hybridized carbons (Fsp3) is 0.476. The maximum absolute atomic E-state index is 12.6. The van der Waals surface area contributed by atoms with Crippen LogP contribution in [0.15, 0.2) is 24.3 Å². The van der Waals surface area contributed by atoms with Gasteiger partial charge >= 0.3 is 5.97 Å². The molecular formula is C21H26ClN3O3. The Balaban J connectivity index is 1.68. The van der Waals surface area contributed by atoms with Crippen molar-refractivity contribution in [1.29, 1.82) is 0 Å². The number of hydrogen-bond donors (Lipinski definition) is 0. The molecule has 0 bridgehead atoms. The summed E-state index contributed by atoms with van der Waals surface area (Å²) in [5.41, 5.74) is 2.60. The molecule has 3 rings (SSSR count). The lowest BCUT2D eigenvalue weighted by molar-refractivity contribution is -0.137. The van der Waals surface area contributed by atoms with Crippen molar-refractivity contribution in [2.45, 2.75) is 52.6 Å². The molecule has 1 amide bonds. The molecule has 28 heavy (non-hydrogen) atoms. The lowest BCUT2D eigenvalue weighted by Crippen LogP contribution is -2.44. The molecule has 0 spiro atoms. The van der Waals surface area contributed by atoms with Gasteiger partial charge in [0.15, 0.2) is 6.61 Å². The average molecular weight is 404 g/mol. The van der Waals surface area contributed by atoms with Crippen LogP contribution in [0.2, 0.25) is 5.02 Å². The van der Waals surface area contributed by atoms with Gasteiger partial charge in [-0.15, -0.1) is 0 Å². The number of hydrogen-bond acceptors (Lipinski definition) is 4. The molecule has 0 aliphatic carbocycles. The molecule has 7 heteroatoms. The molecule has 1 fully saturated rings. The van der Waals surface area contributed by atoms with E-state index in [2.05, 4.69) is 5.10 Å². The highest BCUT2D eigenvalue weighted by Gasteiger charge is 2.26. The van der Waals surface area contributed by atoms with Crippen LogP contribution in [0.1, 0.15) is 53.5 Å². The number of aromatic nitrogens is 2. The Bertz CT molecular complexity index is 878. The fourth-order valence-corrected chi connectivity index (χ4v) is 3.88. The van der Waals surface area contributed by atoms with Crippen molar-refractivity contribution in [2.75, 3.05) is 13.2 Å². The number of rotatable bonds is 5. The van der Waals surface area contributed by atoms with Gasteiger partial charge in [0.05, 0.1) is 17.9 Å². The van der Waals surface area contributed by atoms with Crippen LogP contribution in [0.3, 0.4) is 0 Å². The minimum absolute atomic E-state index is 0.140. The van der Waals surface area contributed by atoms with Crippen LogP contribution in [0.5, 0.6) is 0 Å². The van der Waals surface area contributed by atoms with E-state index in [1.54, 1.807) is 16.5 Å². The molecule has 1 aliphatic rings. The van der Waals surface area contributed by atoms with Gasteiger partial charge in [0.2, 0.25) is 0 Å². The van der Waals surface area contributed by atoms with E-state index in [9.17, 15) is 9.59 Å². The molecule has 0 saturated carbocycles. The van der Waals surface area contributed by atoms with E-state index < -0.39 is 5.97 Å². The van der Waals surface area contributed by atoms with Crippen LogP contribution in [-0.2, 0) is 16.1 Å². The van der Waals surface area contributed by atoms with Crippen LogP contribution in [0.4, 0.5) is 0 Å². The molecule has 0 unspecified atom stereocenters. The predicted octanol–water partition coefficient (Wildman–Crippen LogP) is 3.76. The number of carbonyl (C=O) groups excluding carboxylic acids is 2. The quantitative estimate of drug-likeness (QED) is 0.713. The SMILES string of the molecule is Cc1nn(Cc2ccccc2Cl)c(C)c1C(=O)OCC(=O)N1CCCC[C@H]1C. The summed E-state index contributed by atoms with van der Waals surface area (Å²) in [6.07, 6.45) is 3.12. The maximum Gasteiger partial charge on any atom is 0.342 e. The number of likely N-dealkylation sites (tertiary alicyclic amines) is 1. The first-order chi connectivity index (χ1) is 13.4. The van der Waals surface area contributed by atoms with Crippen molar-refractivity contribution < 1.29 is 14.3 Å². The van der Waals surface area contributed by atoms with Crippen molar-refractivity contribution in [2.24, 2.45) is 0 Å². The van der Waals surface area contributed by atoms with Crippen LogP contribution < -0.4 is 0 Å². The summed E-state index contributed by atoms with van der Waals surface area (Å²) in [7, 11) is 0. The molecule has 0 radical (unpaired) electrons. The summed E-state index contributed by atoms with van der Waals surface area (Å²) in [6, 6.07) is 7.73. The second-order valence-corrected chi connectivity index (χ2v) is 7.71. The van der Waals surface area contributed by atoms with Gasteiger partial charge in [-0.1, -0.05) is 29.8 Å². The van der Waals surface area contributed by atoms with Gasteiger partial charge in [0.1, 0.15) is 5.56 Å². The highest BCUT2D eigenvalue weighted by molar-refractivity contribution is 6.31. The number of ether oxygens (including phenoxy) is 1. The third kappa shape index (κ3) is 4.38. The van der Waals surface area contributed by atoms with E-state index in [4.69, 9.17) is 16.3 Å². The van der Waals surface area contributed by atoms with Crippen LogP contribution in [-0.4, -0.2) is 45.8 Å². The Labute approximate surface area is 170 Å². The van der Waals surface area contributed by atoms with E-state index >= 15 is 0 Å². The van der Waals surface area contributed by atoms with Gasteiger partial charge in [-0.05, 0) is 51.7 Å². The second-order valence-electron chi connectivity index (χ2n) is 7.30. The van der Waals surface area contributed by atoms with Gasteiger partial charge < -0.3 is 9.64 Å². The topological polar surface area (TPSA) is 64.4 Å². The molecule has 1 saturated heterocycles. The number of piperidine rings is 1. The molecule has 1 aromatic carbocycles. The monoisotopic (exact) mass is 403 g/mol. The molecule has 2 heterocycles. The van der Waals surface area contributed by atoms with Crippen molar-refractivity contribution in [1.82, 2.24) is 14.7 Å². The Morgan fingerprint density at radius 2 is 2.00 bits per heavy atom. The highest BCUT2D eigenvalue weighted by Crippen LogP contribution is 2.21. The van der Waals surface area contributed by atoms with Crippen molar-refractivity contribution in [3.8, 4) is 0 Å². The molecule has 6 nitrogen and oxygen atoms in total. The summed E-state index contributed by atoms with van der Waals surface area (Å²) in [5, 5.41) is 5.11. The van der Waals surface area contributed by atoms with Gasteiger partial charge in [-0.3, -0.25) is 9.48 Å². The first-order valence-corrected chi connectivity index (χ1v) is 10.00. The van der Waals surface area contributed by atoms with E-state index in [0.717, 1.165) is 31.4 Å². The second kappa shape index (κ2) is 8.78. The first-order valence-electron chi connectivity index (χ1n) is 9.62. The van der Waals surface area contributed by atoms with E-state index in [0.29, 0.717) is 28.5 Å². The largest absolute Gasteiger partial charge is 0.452 e. The third-order valence-electron chi connectivity index (χ3n) is 5.31. The number of amides is 1. The van der Waals surface area contributed by atoms with Gasteiger partial charge in [-0.25, -0.2) is 4.79 Å². The Morgan fingerprint density at radius 3 is 2.71 bits per heavy atom. The minimum atomic E-state index is -0.515. The fourth-order valence-electron chi connectivity index (χ4n) is 3.69. The smallest absolute Gasteiger partial charge is 0.342 e. The van der Waals surface area contributed by atoms with Gasteiger partial charge in [-0.2, -0.15) is 5.10 Å².